The van der Waals surface area contributed by atoms with E-state index in [4.69, 9.17) is 37.4 Å². The van der Waals surface area contributed by atoms with Crippen molar-refractivity contribution >= 4 is 29.2 Å². The van der Waals surface area contributed by atoms with Crippen molar-refractivity contribution in [3.05, 3.63) is 28.2 Å². The van der Waals surface area contributed by atoms with Crippen LogP contribution in [0.1, 0.15) is 0 Å². The third-order valence-corrected chi connectivity index (χ3v) is 3.54. The molecule has 1 saturated heterocycles. The van der Waals surface area contributed by atoms with E-state index in [1.807, 2.05) is 0 Å². The molecule has 0 amide bonds. The summed E-state index contributed by atoms with van der Waals surface area (Å²) in [5.74, 6) is -0.0135. The molecule has 1 fully saturated rings. The average molecular weight is 334 g/mol. The summed E-state index contributed by atoms with van der Waals surface area (Å²) in [7, 11) is 0. The van der Waals surface area contributed by atoms with Gasteiger partial charge in [0.2, 0.25) is 0 Å². The number of benzene rings is 1. The van der Waals surface area contributed by atoms with E-state index in [1.165, 1.54) is 0 Å². The third-order valence-electron chi connectivity index (χ3n) is 3.01. The van der Waals surface area contributed by atoms with Gasteiger partial charge in [0, 0.05) is 24.7 Å². The van der Waals surface area contributed by atoms with Crippen molar-refractivity contribution in [1.82, 2.24) is 4.90 Å². The van der Waals surface area contributed by atoms with Gasteiger partial charge in [0.25, 0.3) is 0 Å². The van der Waals surface area contributed by atoms with E-state index >= 15 is 0 Å². The van der Waals surface area contributed by atoms with E-state index in [0.717, 1.165) is 26.3 Å². The van der Waals surface area contributed by atoms with Gasteiger partial charge in [-0.1, -0.05) is 23.2 Å². The Bertz CT molecular complexity index is 478. The molecular formula is C14H17Cl2NO4. The molecular weight excluding hydrogens is 317 g/mol. The van der Waals surface area contributed by atoms with Crippen LogP contribution in [0.2, 0.25) is 10.0 Å². The molecule has 0 saturated carbocycles. The Balaban J connectivity index is 1.65. The molecule has 0 unspecified atom stereocenters. The predicted octanol–water partition coefficient (Wildman–Crippen LogP) is 2.25. The highest BCUT2D eigenvalue weighted by atomic mass is 35.5. The fourth-order valence-corrected chi connectivity index (χ4v) is 2.35. The summed E-state index contributed by atoms with van der Waals surface area (Å²) in [6.45, 7) is 4.07. The number of halogens is 2. The topological polar surface area (TPSA) is 48.0 Å². The molecule has 0 spiro atoms. The van der Waals surface area contributed by atoms with E-state index in [-0.39, 0.29) is 6.61 Å². The third kappa shape index (κ3) is 5.71. The molecule has 1 aromatic rings. The van der Waals surface area contributed by atoms with E-state index in [1.54, 1.807) is 18.2 Å². The standard InChI is InChI=1S/C14H17Cl2NO4/c15-11-1-2-13(12(16)9-11)21-10-14(18)20-8-5-17-3-6-19-7-4-17/h1-2,9H,3-8,10H2. The Morgan fingerprint density at radius 2 is 2.05 bits per heavy atom. The zero-order valence-electron chi connectivity index (χ0n) is 11.5. The second-order valence-electron chi connectivity index (χ2n) is 4.54. The van der Waals surface area contributed by atoms with Gasteiger partial charge in [-0.25, -0.2) is 4.79 Å². The van der Waals surface area contributed by atoms with Gasteiger partial charge < -0.3 is 14.2 Å². The lowest BCUT2D eigenvalue weighted by Crippen LogP contribution is -2.38. The van der Waals surface area contributed by atoms with Gasteiger partial charge in [0.05, 0.1) is 18.2 Å². The van der Waals surface area contributed by atoms with Gasteiger partial charge in [-0.05, 0) is 18.2 Å². The molecule has 116 valence electrons. The molecule has 1 aromatic carbocycles. The first-order valence-corrected chi connectivity index (χ1v) is 7.44. The minimum atomic E-state index is -0.422. The molecule has 0 N–H and O–H groups in total. The van der Waals surface area contributed by atoms with Gasteiger partial charge in [-0.3, -0.25) is 4.90 Å². The van der Waals surface area contributed by atoms with E-state index in [2.05, 4.69) is 4.90 Å². The van der Waals surface area contributed by atoms with Crippen molar-refractivity contribution < 1.29 is 19.0 Å². The molecule has 1 aliphatic heterocycles. The van der Waals surface area contributed by atoms with Crippen molar-refractivity contribution in [1.29, 1.82) is 0 Å². The molecule has 1 heterocycles. The number of ether oxygens (including phenoxy) is 3. The van der Waals surface area contributed by atoms with Gasteiger partial charge in [-0.2, -0.15) is 0 Å². The van der Waals surface area contributed by atoms with Crippen LogP contribution in [0.4, 0.5) is 0 Å². The minimum absolute atomic E-state index is 0.176. The van der Waals surface area contributed by atoms with E-state index < -0.39 is 5.97 Å². The Hall–Kier alpha value is -1.01. The van der Waals surface area contributed by atoms with Gasteiger partial charge in [0.1, 0.15) is 12.4 Å². The molecule has 5 nitrogen and oxygen atoms in total. The van der Waals surface area contributed by atoms with Crippen molar-refractivity contribution in [2.45, 2.75) is 0 Å². The number of hydrogen-bond acceptors (Lipinski definition) is 5. The maximum absolute atomic E-state index is 11.6. The second-order valence-corrected chi connectivity index (χ2v) is 5.38. The van der Waals surface area contributed by atoms with Crippen LogP contribution < -0.4 is 4.74 Å². The summed E-state index contributed by atoms with van der Waals surface area (Å²) in [6.07, 6.45) is 0. The Morgan fingerprint density at radius 3 is 2.76 bits per heavy atom. The minimum Gasteiger partial charge on any atom is -0.480 e. The molecule has 1 aliphatic rings. The van der Waals surface area contributed by atoms with E-state index in [9.17, 15) is 4.79 Å². The number of esters is 1. The van der Waals surface area contributed by atoms with Crippen LogP contribution in [0.25, 0.3) is 0 Å². The Kier molecular flexibility index (Phi) is 6.57. The van der Waals surface area contributed by atoms with Crippen LogP contribution in [0, 0.1) is 0 Å². The first kappa shape index (κ1) is 16.4. The Morgan fingerprint density at radius 1 is 1.29 bits per heavy atom. The summed E-state index contributed by atoms with van der Waals surface area (Å²) in [5.41, 5.74) is 0. The van der Waals surface area contributed by atoms with Crippen LogP contribution in [0.5, 0.6) is 5.75 Å². The quantitative estimate of drug-likeness (QED) is 0.747. The SMILES string of the molecule is O=C(COc1ccc(Cl)cc1Cl)OCCN1CCOCC1. The van der Waals surface area contributed by atoms with Crippen molar-refractivity contribution in [3.8, 4) is 5.75 Å². The van der Waals surface area contributed by atoms with Crippen LogP contribution >= 0.6 is 23.2 Å². The predicted molar refractivity (Wildman–Crippen MR) is 80.2 cm³/mol. The molecule has 0 radical (unpaired) electrons. The average Bonchev–Trinajstić information content (AvgIpc) is 2.47. The van der Waals surface area contributed by atoms with Gasteiger partial charge >= 0.3 is 5.97 Å². The monoisotopic (exact) mass is 333 g/mol. The largest absolute Gasteiger partial charge is 0.480 e. The molecule has 0 aliphatic carbocycles. The Labute approximate surface area is 133 Å². The number of rotatable bonds is 6. The van der Waals surface area contributed by atoms with Crippen molar-refractivity contribution in [3.63, 3.8) is 0 Å². The summed E-state index contributed by atoms with van der Waals surface area (Å²) in [4.78, 5) is 13.8. The molecule has 0 atom stereocenters. The zero-order valence-corrected chi connectivity index (χ0v) is 13.0. The molecule has 21 heavy (non-hydrogen) atoms. The summed E-state index contributed by atoms with van der Waals surface area (Å²) < 4.78 is 15.7. The summed E-state index contributed by atoms with van der Waals surface area (Å²) in [6, 6.07) is 4.82. The van der Waals surface area contributed by atoms with Crippen LogP contribution in [-0.4, -0.2) is 56.9 Å². The lowest BCUT2D eigenvalue weighted by Gasteiger charge is -2.26. The second kappa shape index (κ2) is 8.44. The normalized spacial score (nSPS) is 15.7. The van der Waals surface area contributed by atoms with Crippen LogP contribution in [-0.2, 0) is 14.3 Å². The first-order valence-electron chi connectivity index (χ1n) is 6.69. The highest BCUT2D eigenvalue weighted by molar-refractivity contribution is 6.35. The lowest BCUT2D eigenvalue weighted by molar-refractivity contribution is -0.146. The number of nitrogens with zero attached hydrogens (tertiary/aromatic N) is 1. The first-order chi connectivity index (χ1) is 10.1. The number of carbonyl (C=O) groups excluding carboxylic acids is 1. The fourth-order valence-electron chi connectivity index (χ4n) is 1.88. The molecule has 2 rings (SSSR count). The summed E-state index contributed by atoms with van der Waals surface area (Å²) >= 11 is 11.7. The van der Waals surface area contributed by atoms with E-state index in [0.29, 0.717) is 28.9 Å². The number of carbonyl (C=O) groups is 1. The molecule has 7 heteroatoms. The van der Waals surface area contributed by atoms with Crippen molar-refractivity contribution in [2.24, 2.45) is 0 Å². The maximum atomic E-state index is 11.6. The highest BCUT2D eigenvalue weighted by Gasteiger charge is 2.11. The van der Waals surface area contributed by atoms with Gasteiger partial charge in [-0.15, -0.1) is 0 Å². The number of morpholine rings is 1. The maximum Gasteiger partial charge on any atom is 0.344 e. The van der Waals surface area contributed by atoms with Crippen LogP contribution in [0.15, 0.2) is 18.2 Å². The van der Waals surface area contributed by atoms with Crippen LogP contribution in [0.3, 0.4) is 0 Å². The number of hydrogen-bond donors (Lipinski definition) is 0. The molecule has 0 aromatic heterocycles. The fraction of sp³-hybridized carbons (Fsp3) is 0.500. The highest BCUT2D eigenvalue weighted by Crippen LogP contribution is 2.27. The lowest BCUT2D eigenvalue weighted by atomic mass is 10.3. The van der Waals surface area contributed by atoms with Crippen molar-refractivity contribution in [2.75, 3.05) is 46.1 Å². The smallest absolute Gasteiger partial charge is 0.344 e. The zero-order chi connectivity index (χ0) is 15.1. The van der Waals surface area contributed by atoms with Gasteiger partial charge in [0.15, 0.2) is 6.61 Å². The summed E-state index contributed by atoms with van der Waals surface area (Å²) in [5, 5.41) is 0.879. The molecule has 0 bridgehead atoms.